The Kier molecular flexibility index (Phi) is 3.05. The van der Waals surface area contributed by atoms with Gasteiger partial charge in [-0.05, 0) is 12.1 Å². The molecule has 6 nitrogen and oxygen atoms in total. The van der Waals surface area contributed by atoms with Crippen LogP contribution in [-0.4, -0.2) is 25.3 Å². The van der Waals surface area contributed by atoms with E-state index in [9.17, 15) is 13.6 Å². The number of hydrogen-bond donors (Lipinski definition) is 1. The molecular formula is C13H9F2N5O. The van der Waals surface area contributed by atoms with E-state index in [1.165, 1.54) is 17.2 Å². The minimum absolute atomic E-state index is 0.185. The van der Waals surface area contributed by atoms with Gasteiger partial charge < -0.3 is 10.3 Å². The number of nitrogen functional groups attached to an aromatic ring is 1. The first-order chi connectivity index (χ1) is 10.1. The minimum Gasteiger partial charge on any atom is -0.382 e. The maximum absolute atomic E-state index is 13.6. The van der Waals surface area contributed by atoms with Crippen molar-refractivity contribution in [3.05, 3.63) is 48.1 Å². The Labute approximate surface area is 117 Å². The van der Waals surface area contributed by atoms with Crippen molar-refractivity contribution in [2.75, 3.05) is 5.73 Å². The van der Waals surface area contributed by atoms with Crippen LogP contribution in [0.4, 0.5) is 14.6 Å². The quantitative estimate of drug-likeness (QED) is 0.739. The number of imidazole rings is 1. The topological polar surface area (TPSA) is 86.7 Å². The van der Waals surface area contributed by atoms with E-state index < -0.39 is 17.4 Å². The molecule has 1 aromatic carbocycles. The Morgan fingerprint density at radius 3 is 2.81 bits per heavy atom. The van der Waals surface area contributed by atoms with Gasteiger partial charge in [0, 0.05) is 6.07 Å². The first-order valence-corrected chi connectivity index (χ1v) is 5.96. The summed E-state index contributed by atoms with van der Waals surface area (Å²) in [6.07, 6.45) is 2.62. The molecule has 106 valence electrons. The number of nitrogens with zero attached hydrogens (tertiary/aromatic N) is 4. The lowest BCUT2D eigenvalue weighted by molar-refractivity contribution is 0.0969. The van der Waals surface area contributed by atoms with Crippen LogP contribution in [0.15, 0.2) is 30.9 Å². The van der Waals surface area contributed by atoms with Gasteiger partial charge in [-0.25, -0.2) is 23.7 Å². The van der Waals surface area contributed by atoms with E-state index in [-0.39, 0.29) is 17.9 Å². The normalized spacial score (nSPS) is 11.0. The number of anilines is 1. The fraction of sp³-hybridized carbons (Fsp3) is 0.0769. The Morgan fingerprint density at radius 2 is 2.05 bits per heavy atom. The molecule has 2 aromatic heterocycles. The van der Waals surface area contributed by atoms with E-state index in [1.807, 2.05) is 0 Å². The van der Waals surface area contributed by atoms with Crippen LogP contribution in [0.1, 0.15) is 10.4 Å². The molecule has 3 aromatic rings. The Balaban J connectivity index is 1.95. The molecule has 3 rings (SSSR count). The van der Waals surface area contributed by atoms with Crippen molar-refractivity contribution in [1.82, 2.24) is 19.5 Å². The van der Waals surface area contributed by atoms with Crippen molar-refractivity contribution in [1.29, 1.82) is 0 Å². The summed E-state index contributed by atoms with van der Waals surface area (Å²) in [5, 5.41) is 0. The van der Waals surface area contributed by atoms with Gasteiger partial charge in [0.15, 0.2) is 17.2 Å². The molecule has 0 aliphatic heterocycles. The fourth-order valence-corrected chi connectivity index (χ4v) is 1.97. The zero-order chi connectivity index (χ0) is 15.0. The van der Waals surface area contributed by atoms with Gasteiger partial charge in [0.1, 0.15) is 23.5 Å². The fourth-order valence-electron chi connectivity index (χ4n) is 1.97. The summed E-state index contributed by atoms with van der Waals surface area (Å²) >= 11 is 0. The van der Waals surface area contributed by atoms with Crippen LogP contribution in [0.2, 0.25) is 0 Å². The van der Waals surface area contributed by atoms with E-state index in [1.54, 1.807) is 0 Å². The average molecular weight is 289 g/mol. The van der Waals surface area contributed by atoms with Crippen LogP contribution in [0.5, 0.6) is 0 Å². The summed E-state index contributed by atoms with van der Waals surface area (Å²) in [4.78, 5) is 23.9. The first kappa shape index (κ1) is 13.1. The van der Waals surface area contributed by atoms with Gasteiger partial charge in [-0.2, -0.15) is 0 Å². The van der Waals surface area contributed by atoms with E-state index in [4.69, 9.17) is 5.73 Å². The summed E-state index contributed by atoms with van der Waals surface area (Å²) in [6.45, 7) is -0.185. The van der Waals surface area contributed by atoms with E-state index in [0.29, 0.717) is 17.2 Å². The van der Waals surface area contributed by atoms with Gasteiger partial charge in [-0.3, -0.25) is 4.79 Å². The molecule has 0 bridgehead atoms. The molecule has 0 fully saturated rings. The highest BCUT2D eigenvalue weighted by Crippen LogP contribution is 2.16. The molecule has 0 amide bonds. The molecule has 0 aliphatic rings. The van der Waals surface area contributed by atoms with Crippen LogP contribution in [0.3, 0.4) is 0 Å². The second-order valence-corrected chi connectivity index (χ2v) is 4.35. The lowest BCUT2D eigenvalue weighted by Crippen LogP contribution is -2.12. The van der Waals surface area contributed by atoms with Crippen molar-refractivity contribution >= 4 is 22.8 Å². The Hall–Kier alpha value is -2.90. The summed E-state index contributed by atoms with van der Waals surface area (Å²) in [5.74, 6) is -1.97. The third-order valence-electron chi connectivity index (χ3n) is 2.98. The predicted octanol–water partition coefficient (Wildman–Crippen LogP) is 1.57. The second-order valence-electron chi connectivity index (χ2n) is 4.35. The molecule has 0 aliphatic carbocycles. The Morgan fingerprint density at radius 1 is 1.24 bits per heavy atom. The number of ketones is 1. The van der Waals surface area contributed by atoms with Gasteiger partial charge in [0.05, 0.1) is 18.4 Å². The summed E-state index contributed by atoms with van der Waals surface area (Å²) in [5.41, 5.74) is 6.18. The van der Waals surface area contributed by atoms with E-state index in [0.717, 1.165) is 12.1 Å². The Bertz CT molecular complexity index is 846. The highest BCUT2D eigenvalue weighted by molar-refractivity contribution is 5.97. The molecule has 0 unspecified atom stereocenters. The van der Waals surface area contributed by atoms with Gasteiger partial charge in [-0.1, -0.05) is 0 Å². The van der Waals surface area contributed by atoms with Crippen LogP contribution >= 0.6 is 0 Å². The lowest BCUT2D eigenvalue weighted by atomic mass is 10.1. The molecule has 0 saturated heterocycles. The van der Waals surface area contributed by atoms with Crippen molar-refractivity contribution < 1.29 is 13.6 Å². The highest BCUT2D eigenvalue weighted by Gasteiger charge is 2.15. The van der Waals surface area contributed by atoms with Gasteiger partial charge in [-0.15, -0.1) is 0 Å². The zero-order valence-electron chi connectivity index (χ0n) is 10.6. The van der Waals surface area contributed by atoms with Crippen molar-refractivity contribution in [2.45, 2.75) is 6.54 Å². The third-order valence-corrected chi connectivity index (χ3v) is 2.98. The highest BCUT2D eigenvalue weighted by atomic mass is 19.1. The lowest BCUT2D eigenvalue weighted by Gasteiger charge is -2.04. The monoisotopic (exact) mass is 289 g/mol. The second kappa shape index (κ2) is 4.89. The number of aromatic nitrogens is 4. The minimum atomic E-state index is -0.904. The third kappa shape index (κ3) is 2.31. The SMILES string of the molecule is Nc1ncnc2c1ncn2CC(=O)c1ccc(F)cc1F. The van der Waals surface area contributed by atoms with E-state index in [2.05, 4.69) is 15.0 Å². The largest absolute Gasteiger partial charge is 0.382 e. The predicted molar refractivity (Wildman–Crippen MR) is 70.4 cm³/mol. The summed E-state index contributed by atoms with van der Waals surface area (Å²) in [7, 11) is 0. The summed E-state index contributed by atoms with van der Waals surface area (Å²) in [6, 6.07) is 2.80. The smallest absolute Gasteiger partial charge is 0.185 e. The molecule has 0 saturated carbocycles. The molecule has 0 atom stereocenters. The standard InChI is InChI=1S/C13H9F2N5O/c14-7-1-2-8(9(15)3-7)10(21)4-20-6-19-11-12(16)17-5-18-13(11)20/h1-3,5-6H,4H2,(H2,16,17,18). The van der Waals surface area contributed by atoms with Crippen LogP contribution in [0, 0.1) is 11.6 Å². The zero-order valence-corrected chi connectivity index (χ0v) is 10.6. The van der Waals surface area contributed by atoms with Crippen LogP contribution in [-0.2, 0) is 6.54 Å². The van der Waals surface area contributed by atoms with Gasteiger partial charge in [0.2, 0.25) is 0 Å². The maximum atomic E-state index is 13.6. The van der Waals surface area contributed by atoms with Crippen LogP contribution in [0.25, 0.3) is 11.2 Å². The molecule has 0 radical (unpaired) electrons. The number of Topliss-reactive ketones (excluding diaryl/α,β-unsaturated/α-hetero) is 1. The molecule has 0 spiro atoms. The molecule has 2 N–H and O–H groups in total. The van der Waals surface area contributed by atoms with E-state index >= 15 is 0 Å². The number of carbonyl (C=O) groups excluding carboxylic acids is 1. The van der Waals surface area contributed by atoms with Gasteiger partial charge >= 0.3 is 0 Å². The van der Waals surface area contributed by atoms with Crippen molar-refractivity contribution in [3.8, 4) is 0 Å². The molecule has 8 heteroatoms. The summed E-state index contributed by atoms with van der Waals surface area (Å²) < 4.78 is 27.8. The van der Waals surface area contributed by atoms with Gasteiger partial charge in [0.25, 0.3) is 0 Å². The van der Waals surface area contributed by atoms with Crippen molar-refractivity contribution in [3.63, 3.8) is 0 Å². The average Bonchev–Trinajstić information content (AvgIpc) is 2.83. The number of benzene rings is 1. The number of halogens is 2. The number of fused-ring (bicyclic) bond motifs is 1. The molecule has 21 heavy (non-hydrogen) atoms. The number of carbonyl (C=O) groups is 1. The van der Waals surface area contributed by atoms with Crippen LogP contribution < -0.4 is 5.73 Å². The molecular weight excluding hydrogens is 280 g/mol. The van der Waals surface area contributed by atoms with Crippen molar-refractivity contribution in [2.24, 2.45) is 0 Å². The number of rotatable bonds is 3. The number of hydrogen-bond acceptors (Lipinski definition) is 5. The first-order valence-electron chi connectivity index (χ1n) is 5.96. The molecule has 2 heterocycles. The number of nitrogens with two attached hydrogens (primary N) is 1. The maximum Gasteiger partial charge on any atom is 0.185 e.